The Labute approximate surface area is 129 Å². The molecule has 1 aromatic carbocycles. The minimum absolute atomic E-state index is 0.0413. The van der Waals surface area contributed by atoms with E-state index < -0.39 is 0 Å². The van der Waals surface area contributed by atoms with Crippen molar-refractivity contribution in [3.63, 3.8) is 0 Å². The van der Waals surface area contributed by atoms with Gasteiger partial charge >= 0.3 is 0 Å². The molecule has 3 rings (SSSR count). The molecular weight excluding hydrogens is 280 g/mol. The molecule has 0 radical (unpaired) electrons. The van der Waals surface area contributed by atoms with E-state index in [0.29, 0.717) is 24.4 Å². The van der Waals surface area contributed by atoms with Gasteiger partial charge in [-0.2, -0.15) is 0 Å². The van der Waals surface area contributed by atoms with Crippen molar-refractivity contribution in [1.82, 2.24) is 20.4 Å². The second kappa shape index (κ2) is 6.27. The Kier molecular flexibility index (Phi) is 4.20. The number of likely N-dealkylation sites (N-methyl/N-ethyl adjacent to an activating group) is 1. The van der Waals surface area contributed by atoms with Crippen LogP contribution in [0, 0.1) is 0 Å². The molecule has 1 atom stereocenters. The summed E-state index contributed by atoms with van der Waals surface area (Å²) in [6.07, 6.45) is 2.18. The molecule has 1 amide bonds. The maximum Gasteiger partial charge on any atom is 0.247 e. The van der Waals surface area contributed by atoms with Crippen LogP contribution in [0.15, 0.2) is 34.7 Å². The van der Waals surface area contributed by atoms with E-state index in [2.05, 4.69) is 15.5 Å². The fourth-order valence-corrected chi connectivity index (χ4v) is 2.15. The Morgan fingerprint density at radius 2 is 2.09 bits per heavy atom. The largest absolute Gasteiger partial charge is 0.419 e. The van der Waals surface area contributed by atoms with E-state index in [9.17, 15) is 4.79 Å². The number of amides is 1. The van der Waals surface area contributed by atoms with Gasteiger partial charge in [-0.15, -0.1) is 10.2 Å². The van der Waals surface area contributed by atoms with Crippen molar-refractivity contribution >= 4 is 5.91 Å². The monoisotopic (exact) mass is 300 g/mol. The second-order valence-electron chi connectivity index (χ2n) is 5.74. The van der Waals surface area contributed by atoms with Crippen molar-refractivity contribution in [3.05, 3.63) is 36.2 Å². The average molecular weight is 300 g/mol. The van der Waals surface area contributed by atoms with Gasteiger partial charge in [0.25, 0.3) is 0 Å². The van der Waals surface area contributed by atoms with Gasteiger partial charge in [-0.3, -0.25) is 9.69 Å². The SMILES string of the molecule is CC(c1nnc(-c2ccccc2)o1)N(C)CC(=O)NC1CC1. The molecule has 0 spiro atoms. The van der Waals surface area contributed by atoms with Crippen LogP contribution in [0.3, 0.4) is 0 Å². The first kappa shape index (κ1) is 14.7. The van der Waals surface area contributed by atoms with E-state index in [4.69, 9.17) is 4.42 Å². The molecule has 2 aromatic rings. The van der Waals surface area contributed by atoms with Crippen LogP contribution >= 0.6 is 0 Å². The van der Waals surface area contributed by atoms with Gasteiger partial charge in [-0.05, 0) is 38.9 Å². The molecule has 6 nitrogen and oxygen atoms in total. The summed E-state index contributed by atoms with van der Waals surface area (Å²) in [5.74, 6) is 1.05. The Bertz CT molecular complexity index is 637. The van der Waals surface area contributed by atoms with Crippen molar-refractivity contribution in [1.29, 1.82) is 0 Å². The maximum atomic E-state index is 11.8. The van der Waals surface area contributed by atoms with Crippen LogP contribution in [0.1, 0.15) is 31.7 Å². The smallest absolute Gasteiger partial charge is 0.247 e. The summed E-state index contributed by atoms with van der Waals surface area (Å²) in [6.45, 7) is 2.27. The zero-order valence-electron chi connectivity index (χ0n) is 12.8. The van der Waals surface area contributed by atoms with Gasteiger partial charge in [0.15, 0.2) is 0 Å². The zero-order valence-corrected chi connectivity index (χ0v) is 12.8. The lowest BCUT2D eigenvalue weighted by molar-refractivity contribution is -0.122. The lowest BCUT2D eigenvalue weighted by Crippen LogP contribution is -2.37. The van der Waals surface area contributed by atoms with Gasteiger partial charge in [0, 0.05) is 11.6 Å². The number of hydrogen-bond donors (Lipinski definition) is 1. The summed E-state index contributed by atoms with van der Waals surface area (Å²) in [5, 5.41) is 11.2. The van der Waals surface area contributed by atoms with E-state index in [1.807, 2.05) is 49.2 Å². The predicted octanol–water partition coefficient (Wildman–Crippen LogP) is 2.01. The van der Waals surface area contributed by atoms with Crippen LogP contribution in [0.25, 0.3) is 11.5 Å². The Balaban J connectivity index is 1.63. The molecule has 1 N–H and O–H groups in total. The number of rotatable bonds is 6. The highest BCUT2D eigenvalue weighted by atomic mass is 16.4. The first-order chi connectivity index (χ1) is 10.6. The van der Waals surface area contributed by atoms with Gasteiger partial charge < -0.3 is 9.73 Å². The first-order valence-corrected chi connectivity index (χ1v) is 7.52. The molecule has 0 saturated heterocycles. The molecule has 1 aromatic heterocycles. The summed E-state index contributed by atoms with van der Waals surface area (Å²) in [6, 6.07) is 9.91. The molecule has 1 saturated carbocycles. The predicted molar refractivity (Wildman–Crippen MR) is 81.9 cm³/mol. The fourth-order valence-electron chi connectivity index (χ4n) is 2.15. The number of carbonyl (C=O) groups excluding carboxylic acids is 1. The molecule has 0 aliphatic heterocycles. The molecule has 1 fully saturated rings. The third-order valence-corrected chi connectivity index (χ3v) is 3.82. The van der Waals surface area contributed by atoms with Gasteiger partial charge in [0.1, 0.15) is 0 Å². The quantitative estimate of drug-likeness (QED) is 0.883. The van der Waals surface area contributed by atoms with E-state index in [0.717, 1.165) is 18.4 Å². The summed E-state index contributed by atoms with van der Waals surface area (Å²) in [5.41, 5.74) is 0.891. The number of benzene rings is 1. The minimum Gasteiger partial charge on any atom is -0.419 e. The number of nitrogens with zero attached hydrogens (tertiary/aromatic N) is 3. The average Bonchev–Trinajstić information content (AvgIpc) is 3.19. The molecule has 0 bridgehead atoms. The van der Waals surface area contributed by atoms with Crippen LogP contribution in [0.4, 0.5) is 0 Å². The molecule has 116 valence electrons. The van der Waals surface area contributed by atoms with Crippen molar-refractivity contribution in [2.45, 2.75) is 31.8 Å². The molecule has 1 aliphatic carbocycles. The van der Waals surface area contributed by atoms with Crippen LogP contribution in [0.5, 0.6) is 0 Å². The topological polar surface area (TPSA) is 71.3 Å². The minimum atomic E-state index is -0.116. The van der Waals surface area contributed by atoms with E-state index in [1.54, 1.807) is 0 Å². The van der Waals surface area contributed by atoms with E-state index in [1.165, 1.54) is 0 Å². The Morgan fingerprint density at radius 1 is 1.36 bits per heavy atom. The fraction of sp³-hybridized carbons (Fsp3) is 0.438. The highest BCUT2D eigenvalue weighted by molar-refractivity contribution is 5.78. The highest BCUT2D eigenvalue weighted by Gasteiger charge is 2.25. The van der Waals surface area contributed by atoms with Crippen molar-refractivity contribution < 1.29 is 9.21 Å². The molecule has 1 unspecified atom stereocenters. The van der Waals surface area contributed by atoms with Crippen molar-refractivity contribution in [3.8, 4) is 11.5 Å². The molecule has 6 heteroatoms. The molecule has 1 heterocycles. The van der Waals surface area contributed by atoms with Gasteiger partial charge in [-0.1, -0.05) is 18.2 Å². The van der Waals surface area contributed by atoms with Gasteiger partial charge in [0.05, 0.1) is 12.6 Å². The third-order valence-electron chi connectivity index (χ3n) is 3.82. The number of carbonyl (C=O) groups is 1. The molecule has 22 heavy (non-hydrogen) atoms. The highest BCUT2D eigenvalue weighted by Crippen LogP contribution is 2.23. The van der Waals surface area contributed by atoms with Crippen LogP contribution in [-0.4, -0.2) is 40.6 Å². The Morgan fingerprint density at radius 3 is 2.77 bits per heavy atom. The second-order valence-corrected chi connectivity index (χ2v) is 5.74. The van der Waals surface area contributed by atoms with Crippen molar-refractivity contribution in [2.24, 2.45) is 0 Å². The summed E-state index contributed by atoms with van der Waals surface area (Å²) >= 11 is 0. The van der Waals surface area contributed by atoms with Gasteiger partial charge in [0.2, 0.25) is 17.7 Å². The Hall–Kier alpha value is -2.21. The molecular formula is C16H20N4O2. The normalized spacial score (nSPS) is 15.8. The first-order valence-electron chi connectivity index (χ1n) is 7.52. The summed E-state index contributed by atoms with van der Waals surface area (Å²) in [4.78, 5) is 13.7. The van der Waals surface area contributed by atoms with Crippen molar-refractivity contribution in [2.75, 3.05) is 13.6 Å². The third kappa shape index (κ3) is 3.51. The van der Waals surface area contributed by atoms with Crippen LogP contribution < -0.4 is 5.32 Å². The lowest BCUT2D eigenvalue weighted by atomic mass is 10.2. The van der Waals surface area contributed by atoms with E-state index in [-0.39, 0.29) is 11.9 Å². The number of aromatic nitrogens is 2. The van der Waals surface area contributed by atoms with Crippen LogP contribution in [-0.2, 0) is 4.79 Å². The van der Waals surface area contributed by atoms with Gasteiger partial charge in [-0.25, -0.2) is 0 Å². The maximum absolute atomic E-state index is 11.8. The number of nitrogens with one attached hydrogen (secondary N) is 1. The summed E-state index contributed by atoms with van der Waals surface area (Å²) in [7, 11) is 1.88. The van der Waals surface area contributed by atoms with E-state index >= 15 is 0 Å². The number of hydrogen-bond acceptors (Lipinski definition) is 5. The standard InChI is InChI=1S/C16H20N4O2/c1-11(20(2)10-14(21)17-13-8-9-13)15-18-19-16(22-15)12-6-4-3-5-7-12/h3-7,11,13H,8-10H2,1-2H3,(H,17,21). The lowest BCUT2D eigenvalue weighted by Gasteiger charge is -2.20. The zero-order chi connectivity index (χ0) is 15.5. The molecule has 1 aliphatic rings. The summed E-state index contributed by atoms with van der Waals surface area (Å²) < 4.78 is 5.73. The van der Waals surface area contributed by atoms with Crippen LogP contribution in [0.2, 0.25) is 0 Å².